The molecule has 25 heavy (non-hydrogen) atoms. The fourth-order valence-corrected chi connectivity index (χ4v) is 2.42. The molecule has 2 aromatic rings. The van der Waals surface area contributed by atoms with Gasteiger partial charge in [0.1, 0.15) is 6.04 Å². The molecule has 1 aromatic carbocycles. The number of benzene rings is 1. The lowest BCUT2D eigenvalue weighted by atomic mass is 10.0. The highest BCUT2D eigenvalue weighted by atomic mass is 16.4. The standard InChI is InChI=1S/C16H19N3O5.CH4/c17-11(15(21)22)5-6-14(20)19-13(16(23)24)7-9-8-18-12-4-2-1-3-10(9)12;/h1-4,8,11,13,18H,5-7,17H2,(H,19,20)(H,21,22)(H,23,24);1H4/p+1/t11-,13-;/m1./s1. The topological polar surface area (TPSA) is 147 Å². The quantitative estimate of drug-likeness (QED) is 0.467. The van der Waals surface area contributed by atoms with Gasteiger partial charge in [-0.25, -0.2) is 9.59 Å². The Labute approximate surface area is 145 Å². The molecule has 0 bridgehead atoms. The third kappa shape index (κ3) is 5.32. The Kier molecular flexibility index (Phi) is 7.13. The summed E-state index contributed by atoms with van der Waals surface area (Å²) in [5.74, 6) is -2.73. The molecule has 1 amide bonds. The first-order chi connectivity index (χ1) is 11.4. The van der Waals surface area contributed by atoms with Crippen LogP contribution < -0.4 is 11.1 Å². The minimum Gasteiger partial charge on any atom is -0.480 e. The fraction of sp³-hybridized carbons (Fsp3) is 0.353. The second kappa shape index (κ2) is 8.84. The number of H-pyrrole nitrogens is 1. The van der Waals surface area contributed by atoms with Crippen molar-refractivity contribution in [3.63, 3.8) is 0 Å². The summed E-state index contributed by atoms with van der Waals surface area (Å²) < 4.78 is 0. The predicted molar refractivity (Wildman–Crippen MR) is 91.8 cm³/mol. The number of aromatic nitrogens is 1. The van der Waals surface area contributed by atoms with Gasteiger partial charge in [0.25, 0.3) is 0 Å². The van der Waals surface area contributed by atoms with Crippen molar-refractivity contribution in [1.82, 2.24) is 10.3 Å². The molecule has 1 aromatic heterocycles. The second-order valence-electron chi connectivity index (χ2n) is 5.60. The van der Waals surface area contributed by atoms with E-state index in [4.69, 9.17) is 5.11 Å². The zero-order valence-electron chi connectivity index (χ0n) is 13.0. The first-order valence-electron chi connectivity index (χ1n) is 7.51. The molecule has 0 radical (unpaired) electrons. The summed E-state index contributed by atoms with van der Waals surface area (Å²) in [6.45, 7) is 0. The summed E-state index contributed by atoms with van der Waals surface area (Å²) in [6, 6.07) is 5.51. The van der Waals surface area contributed by atoms with Crippen LogP contribution in [0.25, 0.3) is 10.9 Å². The maximum absolute atomic E-state index is 11.9. The normalized spacial score (nSPS) is 12.8. The highest BCUT2D eigenvalue weighted by molar-refractivity contribution is 5.86. The molecule has 0 aliphatic carbocycles. The smallest absolute Gasteiger partial charge is 0.362 e. The van der Waals surface area contributed by atoms with E-state index in [1.807, 2.05) is 24.3 Å². The van der Waals surface area contributed by atoms with Crippen LogP contribution in [0, 0.1) is 0 Å². The number of carbonyl (C=O) groups is 3. The Hall–Kier alpha value is -2.87. The number of para-hydroxylation sites is 1. The highest BCUT2D eigenvalue weighted by Crippen LogP contribution is 2.19. The molecular weight excluding hydrogens is 326 g/mol. The summed E-state index contributed by atoms with van der Waals surface area (Å²) in [6.07, 6.45) is 1.83. The number of carboxylic acid groups (broad SMARTS) is 2. The fourth-order valence-electron chi connectivity index (χ4n) is 2.42. The van der Waals surface area contributed by atoms with Crippen LogP contribution in [0.2, 0.25) is 0 Å². The SMILES string of the molecule is C.[NH3+][C@H](CCC(=O)N[C@H](Cc1c[nH]c2ccccc12)C(=O)O)C(=O)O. The van der Waals surface area contributed by atoms with Gasteiger partial charge in [-0.1, -0.05) is 25.6 Å². The van der Waals surface area contributed by atoms with Gasteiger partial charge in [0.05, 0.1) is 0 Å². The van der Waals surface area contributed by atoms with Gasteiger partial charge in [0.15, 0.2) is 6.04 Å². The van der Waals surface area contributed by atoms with Crippen molar-refractivity contribution in [1.29, 1.82) is 0 Å². The average molecular weight is 350 g/mol. The predicted octanol–water partition coefficient (Wildman–Crippen LogP) is 0.391. The van der Waals surface area contributed by atoms with Crippen molar-refractivity contribution < 1.29 is 30.3 Å². The Bertz CT molecular complexity index is 756. The molecule has 8 nitrogen and oxygen atoms in total. The van der Waals surface area contributed by atoms with Crippen molar-refractivity contribution in [2.45, 2.75) is 38.8 Å². The average Bonchev–Trinajstić information content (AvgIpc) is 2.95. The minimum absolute atomic E-state index is 0. The van der Waals surface area contributed by atoms with Crippen LogP contribution >= 0.6 is 0 Å². The van der Waals surface area contributed by atoms with Gasteiger partial charge < -0.3 is 26.2 Å². The van der Waals surface area contributed by atoms with E-state index >= 15 is 0 Å². The number of amides is 1. The van der Waals surface area contributed by atoms with Crippen LogP contribution in [0.5, 0.6) is 0 Å². The number of fused-ring (bicyclic) bond motifs is 1. The lowest BCUT2D eigenvalue weighted by Crippen LogP contribution is -2.65. The number of nitrogens with one attached hydrogen (secondary N) is 2. The Morgan fingerprint density at radius 1 is 1.16 bits per heavy atom. The molecule has 0 aliphatic rings. The van der Waals surface area contributed by atoms with Crippen molar-refractivity contribution in [3.8, 4) is 0 Å². The zero-order valence-corrected chi connectivity index (χ0v) is 13.0. The summed E-state index contributed by atoms with van der Waals surface area (Å²) in [5, 5.41) is 21.4. The molecule has 0 unspecified atom stereocenters. The Morgan fingerprint density at radius 2 is 1.84 bits per heavy atom. The molecule has 2 rings (SSSR count). The van der Waals surface area contributed by atoms with E-state index in [0.29, 0.717) is 0 Å². The lowest BCUT2D eigenvalue weighted by Gasteiger charge is -2.14. The van der Waals surface area contributed by atoms with E-state index in [1.165, 1.54) is 0 Å². The zero-order chi connectivity index (χ0) is 17.7. The number of hydrogen-bond donors (Lipinski definition) is 5. The molecule has 2 atom stereocenters. The van der Waals surface area contributed by atoms with Crippen LogP contribution in [0.4, 0.5) is 0 Å². The van der Waals surface area contributed by atoms with Gasteiger partial charge in [-0.2, -0.15) is 0 Å². The lowest BCUT2D eigenvalue weighted by molar-refractivity contribution is -0.408. The van der Waals surface area contributed by atoms with Crippen molar-refractivity contribution >= 4 is 28.7 Å². The van der Waals surface area contributed by atoms with Crippen molar-refractivity contribution in [2.24, 2.45) is 0 Å². The highest BCUT2D eigenvalue weighted by Gasteiger charge is 2.23. The number of quaternary nitrogens is 1. The largest absolute Gasteiger partial charge is 0.480 e. The van der Waals surface area contributed by atoms with Gasteiger partial charge in [-0.05, 0) is 11.6 Å². The van der Waals surface area contributed by atoms with Crippen molar-refractivity contribution in [3.05, 3.63) is 36.0 Å². The molecule has 1 heterocycles. The molecule has 0 saturated carbocycles. The van der Waals surface area contributed by atoms with E-state index in [-0.39, 0.29) is 26.7 Å². The number of carboxylic acids is 2. The molecule has 7 N–H and O–H groups in total. The molecule has 0 aliphatic heterocycles. The van der Waals surface area contributed by atoms with E-state index in [2.05, 4.69) is 16.0 Å². The monoisotopic (exact) mass is 350 g/mol. The van der Waals surface area contributed by atoms with Crippen LogP contribution in [0.3, 0.4) is 0 Å². The van der Waals surface area contributed by atoms with Gasteiger partial charge >= 0.3 is 11.9 Å². The Balaban J connectivity index is 0.00000312. The molecule has 136 valence electrons. The summed E-state index contributed by atoms with van der Waals surface area (Å²) in [7, 11) is 0. The van der Waals surface area contributed by atoms with Gasteiger partial charge in [-0.3, -0.25) is 4.79 Å². The summed E-state index contributed by atoms with van der Waals surface area (Å²) >= 11 is 0. The summed E-state index contributed by atoms with van der Waals surface area (Å²) in [4.78, 5) is 37.0. The number of aliphatic carboxylic acids is 2. The first kappa shape index (κ1) is 20.2. The maximum atomic E-state index is 11.9. The number of carbonyl (C=O) groups excluding carboxylic acids is 1. The van der Waals surface area contributed by atoms with Gasteiger partial charge in [0, 0.05) is 36.4 Å². The van der Waals surface area contributed by atoms with E-state index in [9.17, 15) is 19.5 Å². The van der Waals surface area contributed by atoms with Crippen LogP contribution in [-0.2, 0) is 20.8 Å². The second-order valence-corrected chi connectivity index (χ2v) is 5.60. The molecular formula is C17H24N3O5+. The third-order valence-electron chi connectivity index (χ3n) is 3.80. The summed E-state index contributed by atoms with van der Waals surface area (Å²) in [5.41, 5.74) is 5.10. The van der Waals surface area contributed by atoms with Crippen LogP contribution in [0.15, 0.2) is 30.5 Å². The van der Waals surface area contributed by atoms with E-state index < -0.39 is 29.9 Å². The van der Waals surface area contributed by atoms with E-state index in [0.717, 1.165) is 16.5 Å². The van der Waals surface area contributed by atoms with Gasteiger partial charge in [0.2, 0.25) is 5.91 Å². The van der Waals surface area contributed by atoms with Crippen LogP contribution in [-0.4, -0.2) is 45.1 Å². The minimum atomic E-state index is -1.14. The first-order valence-corrected chi connectivity index (χ1v) is 7.51. The van der Waals surface area contributed by atoms with Gasteiger partial charge in [-0.15, -0.1) is 0 Å². The molecule has 0 saturated heterocycles. The number of hydrogen-bond acceptors (Lipinski definition) is 3. The third-order valence-corrected chi connectivity index (χ3v) is 3.80. The molecule has 0 fully saturated rings. The van der Waals surface area contributed by atoms with Crippen LogP contribution in [0.1, 0.15) is 25.8 Å². The number of aromatic amines is 1. The van der Waals surface area contributed by atoms with E-state index in [1.54, 1.807) is 6.20 Å². The van der Waals surface area contributed by atoms with Crippen molar-refractivity contribution in [2.75, 3.05) is 0 Å². The Morgan fingerprint density at radius 3 is 2.48 bits per heavy atom. The maximum Gasteiger partial charge on any atom is 0.362 e. The molecule has 8 heteroatoms. The number of rotatable bonds is 8. The molecule has 0 spiro atoms.